The molecule has 3 heterocycles. The van der Waals surface area contributed by atoms with Gasteiger partial charge in [0.05, 0.1) is 12.6 Å². The third-order valence-electron chi connectivity index (χ3n) is 5.96. The summed E-state index contributed by atoms with van der Waals surface area (Å²) in [4.78, 5) is 7.07. The number of halogens is 1. The van der Waals surface area contributed by atoms with E-state index in [1.54, 1.807) is 0 Å². The van der Waals surface area contributed by atoms with Gasteiger partial charge in [-0.25, -0.2) is 9.38 Å². The lowest BCUT2D eigenvalue weighted by Crippen LogP contribution is -2.50. The number of piperidine rings is 1. The van der Waals surface area contributed by atoms with E-state index < -0.39 is 0 Å². The zero-order valence-electron chi connectivity index (χ0n) is 15.3. The summed E-state index contributed by atoms with van der Waals surface area (Å²) in [6.45, 7) is 3.46. The Kier molecular flexibility index (Phi) is 4.12. The summed E-state index contributed by atoms with van der Waals surface area (Å²) in [7, 11) is 0. The summed E-state index contributed by atoms with van der Waals surface area (Å²) in [5.41, 5.74) is 3.47. The zero-order chi connectivity index (χ0) is 18.3. The van der Waals surface area contributed by atoms with Gasteiger partial charge in [-0.15, -0.1) is 0 Å². The lowest BCUT2D eigenvalue weighted by Gasteiger charge is -2.40. The average molecular weight is 365 g/mol. The maximum Gasteiger partial charge on any atom is 0.288 e. The lowest BCUT2D eigenvalue weighted by molar-refractivity contribution is 0.0399. The molecule has 0 radical (unpaired) electrons. The van der Waals surface area contributed by atoms with Crippen molar-refractivity contribution in [3.63, 3.8) is 0 Å². The lowest BCUT2D eigenvalue weighted by atomic mass is 9.88. The SMILES string of the molecule is Fc1ccc([C@H]2c3ccccc3CCN2C2=NCC3(CCCNC3)O2)cc1. The molecule has 3 aliphatic rings. The van der Waals surface area contributed by atoms with Crippen molar-refractivity contribution in [2.24, 2.45) is 4.99 Å². The van der Waals surface area contributed by atoms with Crippen molar-refractivity contribution >= 4 is 6.02 Å². The monoisotopic (exact) mass is 365 g/mol. The van der Waals surface area contributed by atoms with Gasteiger partial charge in [0.1, 0.15) is 11.4 Å². The number of nitrogens with one attached hydrogen (secondary N) is 1. The first-order chi connectivity index (χ1) is 13.2. The first-order valence-corrected chi connectivity index (χ1v) is 9.78. The van der Waals surface area contributed by atoms with Crippen LogP contribution in [0.4, 0.5) is 4.39 Å². The molecule has 0 amide bonds. The van der Waals surface area contributed by atoms with Crippen molar-refractivity contribution in [2.45, 2.75) is 30.9 Å². The molecule has 2 aromatic rings. The molecule has 0 saturated carbocycles. The fourth-order valence-corrected chi connectivity index (χ4v) is 4.56. The third kappa shape index (κ3) is 3.00. The molecule has 1 N–H and O–H groups in total. The maximum atomic E-state index is 13.5. The van der Waals surface area contributed by atoms with E-state index in [-0.39, 0.29) is 17.5 Å². The number of hydrogen-bond donors (Lipinski definition) is 1. The summed E-state index contributed by atoms with van der Waals surface area (Å²) in [5.74, 6) is -0.212. The van der Waals surface area contributed by atoms with Gasteiger partial charge in [0.25, 0.3) is 6.02 Å². The highest BCUT2D eigenvalue weighted by Gasteiger charge is 2.43. The van der Waals surface area contributed by atoms with Crippen LogP contribution in [0, 0.1) is 5.82 Å². The number of amidine groups is 1. The van der Waals surface area contributed by atoms with Gasteiger partial charge in [-0.2, -0.15) is 0 Å². The Morgan fingerprint density at radius 2 is 2.00 bits per heavy atom. The zero-order valence-corrected chi connectivity index (χ0v) is 15.3. The van der Waals surface area contributed by atoms with Gasteiger partial charge in [-0.3, -0.25) is 0 Å². The second kappa shape index (κ2) is 6.64. The summed E-state index contributed by atoms with van der Waals surface area (Å²) >= 11 is 0. The van der Waals surface area contributed by atoms with E-state index in [1.807, 2.05) is 12.1 Å². The topological polar surface area (TPSA) is 36.9 Å². The highest BCUT2D eigenvalue weighted by atomic mass is 19.1. The molecule has 5 rings (SSSR count). The molecule has 5 heteroatoms. The Morgan fingerprint density at radius 3 is 2.81 bits per heavy atom. The minimum absolute atomic E-state index is 0.000926. The maximum absolute atomic E-state index is 13.5. The van der Waals surface area contributed by atoms with Crippen molar-refractivity contribution in [3.8, 4) is 0 Å². The van der Waals surface area contributed by atoms with Gasteiger partial charge in [0.15, 0.2) is 0 Å². The number of aliphatic imine (C=N–C) groups is 1. The second-order valence-corrected chi connectivity index (χ2v) is 7.76. The van der Waals surface area contributed by atoms with Crippen LogP contribution in [-0.2, 0) is 11.2 Å². The van der Waals surface area contributed by atoms with Gasteiger partial charge in [0.2, 0.25) is 0 Å². The Morgan fingerprint density at radius 1 is 1.15 bits per heavy atom. The Bertz CT molecular complexity index is 858. The predicted octanol–water partition coefficient (Wildman–Crippen LogP) is 3.28. The molecule has 140 valence electrons. The minimum atomic E-state index is -0.212. The van der Waals surface area contributed by atoms with E-state index in [9.17, 15) is 4.39 Å². The predicted molar refractivity (Wildman–Crippen MR) is 103 cm³/mol. The van der Waals surface area contributed by atoms with E-state index in [2.05, 4.69) is 34.5 Å². The van der Waals surface area contributed by atoms with E-state index in [0.717, 1.165) is 50.5 Å². The molecule has 0 aliphatic carbocycles. The van der Waals surface area contributed by atoms with Crippen molar-refractivity contribution < 1.29 is 9.13 Å². The molecule has 0 aromatic heterocycles. The number of nitrogens with zero attached hydrogens (tertiary/aromatic N) is 2. The molecule has 1 saturated heterocycles. The Balaban J connectivity index is 1.50. The van der Waals surface area contributed by atoms with Crippen LogP contribution >= 0.6 is 0 Å². The van der Waals surface area contributed by atoms with Gasteiger partial charge >= 0.3 is 0 Å². The van der Waals surface area contributed by atoms with Gasteiger partial charge in [0, 0.05) is 13.1 Å². The molecule has 27 heavy (non-hydrogen) atoms. The van der Waals surface area contributed by atoms with E-state index in [0.29, 0.717) is 6.54 Å². The van der Waals surface area contributed by atoms with Crippen LogP contribution < -0.4 is 5.32 Å². The van der Waals surface area contributed by atoms with Gasteiger partial charge in [-0.1, -0.05) is 36.4 Å². The van der Waals surface area contributed by atoms with Crippen LogP contribution in [0.5, 0.6) is 0 Å². The van der Waals surface area contributed by atoms with Gasteiger partial charge in [-0.05, 0) is 54.6 Å². The average Bonchev–Trinajstić information content (AvgIpc) is 3.11. The summed E-state index contributed by atoms with van der Waals surface area (Å²) in [6.07, 6.45) is 3.12. The van der Waals surface area contributed by atoms with Crippen LogP contribution in [0.25, 0.3) is 0 Å². The quantitative estimate of drug-likeness (QED) is 0.843. The van der Waals surface area contributed by atoms with E-state index in [1.165, 1.54) is 23.3 Å². The molecule has 1 fully saturated rings. The first kappa shape index (κ1) is 16.8. The number of hydrogen-bond acceptors (Lipinski definition) is 4. The summed E-state index contributed by atoms with van der Waals surface area (Å²) in [5, 5.41) is 3.45. The minimum Gasteiger partial charge on any atom is -0.455 e. The molecular formula is C22H24FN3O. The number of fused-ring (bicyclic) bond motifs is 1. The van der Waals surface area contributed by atoms with Crippen molar-refractivity contribution in [3.05, 3.63) is 71.0 Å². The fraction of sp³-hybridized carbons (Fsp3) is 0.409. The summed E-state index contributed by atoms with van der Waals surface area (Å²) < 4.78 is 20.0. The normalized spacial score (nSPS) is 27.2. The van der Waals surface area contributed by atoms with Crippen LogP contribution in [-0.4, -0.2) is 42.7 Å². The molecule has 2 aromatic carbocycles. The van der Waals surface area contributed by atoms with Crippen molar-refractivity contribution in [1.82, 2.24) is 10.2 Å². The summed E-state index contributed by atoms with van der Waals surface area (Å²) in [6, 6.07) is 16.1. The van der Waals surface area contributed by atoms with E-state index in [4.69, 9.17) is 9.73 Å². The molecule has 0 bridgehead atoms. The molecule has 1 unspecified atom stereocenters. The first-order valence-electron chi connectivity index (χ1n) is 9.78. The van der Waals surface area contributed by atoms with Crippen LogP contribution in [0.2, 0.25) is 0 Å². The largest absolute Gasteiger partial charge is 0.455 e. The highest BCUT2D eigenvalue weighted by Crippen LogP contribution is 2.38. The highest BCUT2D eigenvalue weighted by molar-refractivity contribution is 5.78. The smallest absolute Gasteiger partial charge is 0.288 e. The Hall–Kier alpha value is -2.40. The van der Waals surface area contributed by atoms with E-state index >= 15 is 0 Å². The standard InChI is InChI=1S/C22H24FN3O/c23-18-8-6-17(7-9-18)20-19-5-2-1-4-16(19)10-13-26(20)21-25-15-22(27-21)11-3-12-24-14-22/h1-2,4-9,20,24H,3,10-15H2/t20-,22?/m0/s1. The Labute approximate surface area is 159 Å². The molecular weight excluding hydrogens is 341 g/mol. The van der Waals surface area contributed by atoms with Gasteiger partial charge < -0.3 is 15.0 Å². The number of rotatable bonds is 1. The van der Waals surface area contributed by atoms with Crippen molar-refractivity contribution in [1.29, 1.82) is 0 Å². The second-order valence-electron chi connectivity index (χ2n) is 7.76. The third-order valence-corrected chi connectivity index (χ3v) is 5.96. The van der Waals surface area contributed by atoms with Crippen molar-refractivity contribution in [2.75, 3.05) is 26.2 Å². The van der Waals surface area contributed by atoms with Crippen LogP contribution in [0.1, 0.15) is 35.6 Å². The van der Waals surface area contributed by atoms with Crippen LogP contribution in [0.3, 0.4) is 0 Å². The molecule has 4 nitrogen and oxygen atoms in total. The molecule has 2 atom stereocenters. The molecule has 1 spiro atoms. The number of ether oxygens (including phenoxy) is 1. The molecule has 3 aliphatic heterocycles. The fourth-order valence-electron chi connectivity index (χ4n) is 4.56. The number of benzene rings is 2. The van der Waals surface area contributed by atoms with Crippen LogP contribution in [0.15, 0.2) is 53.5 Å².